The minimum Gasteiger partial charge on any atom is -0.490 e. The first kappa shape index (κ1) is 9.76. The molecular formula is C10H11NO4. The van der Waals surface area contributed by atoms with Crippen molar-refractivity contribution in [3.8, 4) is 11.5 Å². The first-order valence-corrected chi connectivity index (χ1v) is 4.81. The van der Waals surface area contributed by atoms with Gasteiger partial charge in [0.05, 0.1) is 24.2 Å². The molecule has 2 rings (SSSR count). The Labute approximate surface area is 86.8 Å². The summed E-state index contributed by atoms with van der Waals surface area (Å²) in [6, 6.07) is 4.41. The van der Waals surface area contributed by atoms with Gasteiger partial charge in [-0.1, -0.05) is 0 Å². The van der Waals surface area contributed by atoms with Gasteiger partial charge < -0.3 is 9.47 Å². The zero-order valence-electron chi connectivity index (χ0n) is 8.14. The number of nitro benzene ring substituents is 1. The number of non-ortho nitro benzene ring substituents is 1. The van der Waals surface area contributed by atoms with E-state index in [1.165, 1.54) is 12.1 Å². The second-order valence-corrected chi connectivity index (χ2v) is 3.29. The molecule has 15 heavy (non-hydrogen) atoms. The van der Waals surface area contributed by atoms with Crippen LogP contribution in [0.3, 0.4) is 0 Å². The highest BCUT2D eigenvalue weighted by Crippen LogP contribution is 2.32. The van der Waals surface area contributed by atoms with E-state index >= 15 is 0 Å². The molecule has 0 bridgehead atoms. The van der Waals surface area contributed by atoms with Crippen molar-refractivity contribution >= 4 is 5.69 Å². The van der Waals surface area contributed by atoms with E-state index in [9.17, 15) is 10.1 Å². The molecule has 1 aromatic rings. The molecule has 0 saturated carbocycles. The van der Waals surface area contributed by atoms with Gasteiger partial charge in [-0.3, -0.25) is 10.1 Å². The Balaban J connectivity index is 2.31. The van der Waals surface area contributed by atoms with E-state index < -0.39 is 4.92 Å². The average Bonchev–Trinajstić information content (AvgIpc) is 2.18. The lowest BCUT2D eigenvalue weighted by molar-refractivity contribution is -0.385. The van der Waals surface area contributed by atoms with Crippen molar-refractivity contribution < 1.29 is 14.4 Å². The molecule has 5 nitrogen and oxygen atoms in total. The van der Waals surface area contributed by atoms with Gasteiger partial charge in [0.25, 0.3) is 5.69 Å². The zero-order valence-corrected chi connectivity index (χ0v) is 8.14. The zero-order chi connectivity index (χ0) is 10.7. The maximum Gasteiger partial charge on any atom is 0.273 e. The normalized spacial score (nSPS) is 15.2. The largest absolute Gasteiger partial charge is 0.490 e. The van der Waals surface area contributed by atoms with E-state index in [-0.39, 0.29) is 5.69 Å². The van der Waals surface area contributed by atoms with Crippen molar-refractivity contribution in [1.82, 2.24) is 0 Å². The van der Waals surface area contributed by atoms with Crippen LogP contribution in [0.15, 0.2) is 18.2 Å². The van der Waals surface area contributed by atoms with Crippen molar-refractivity contribution in [3.05, 3.63) is 28.3 Å². The molecule has 0 aromatic heterocycles. The lowest BCUT2D eigenvalue weighted by Crippen LogP contribution is -2.08. The molecule has 0 spiro atoms. The van der Waals surface area contributed by atoms with E-state index in [2.05, 4.69) is 0 Å². The third-order valence-corrected chi connectivity index (χ3v) is 2.19. The van der Waals surface area contributed by atoms with E-state index in [4.69, 9.17) is 9.47 Å². The van der Waals surface area contributed by atoms with Crippen molar-refractivity contribution in [2.75, 3.05) is 13.2 Å². The van der Waals surface area contributed by atoms with Gasteiger partial charge >= 0.3 is 0 Å². The molecule has 0 aliphatic carbocycles. The number of benzene rings is 1. The van der Waals surface area contributed by atoms with Crippen molar-refractivity contribution in [2.24, 2.45) is 0 Å². The first-order valence-electron chi connectivity index (χ1n) is 4.81. The number of fused-ring (bicyclic) bond motifs is 1. The van der Waals surface area contributed by atoms with E-state index in [1.807, 2.05) is 0 Å². The van der Waals surface area contributed by atoms with Gasteiger partial charge in [-0.05, 0) is 18.9 Å². The minimum atomic E-state index is -0.442. The van der Waals surface area contributed by atoms with Gasteiger partial charge in [-0.2, -0.15) is 0 Å². The van der Waals surface area contributed by atoms with Gasteiger partial charge in [-0.15, -0.1) is 0 Å². The Kier molecular flexibility index (Phi) is 2.71. The molecule has 0 amide bonds. The van der Waals surface area contributed by atoms with Gasteiger partial charge in [0.2, 0.25) is 0 Å². The quantitative estimate of drug-likeness (QED) is 0.525. The fourth-order valence-electron chi connectivity index (χ4n) is 1.41. The second-order valence-electron chi connectivity index (χ2n) is 3.29. The first-order chi connectivity index (χ1) is 7.27. The summed E-state index contributed by atoms with van der Waals surface area (Å²) < 4.78 is 10.8. The lowest BCUT2D eigenvalue weighted by Gasteiger charge is -2.15. The molecule has 0 unspecified atom stereocenters. The van der Waals surface area contributed by atoms with Crippen LogP contribution in [-0.2, 0) is 0 Å². The van der Waals surface area contributed by atoms with Gasteiger partial charge in [0.1, 0.15) is 0 Å². The van der Waals surface area contributed by atoms with Crippen LogP contribution in [-0.4, -0.2) is 18.1 Å². The SMILES string of the molecule is O=[N+]([O-])c1ccc2c(c1)OCCCCO2. The predicted molar refractivity (Wildman–Crippen MR) is 53.3 cm³/mol. The Morgan fingerprint density at radius 2 is 1.80 bits per heavy atom. The van der Waals surface area contributed by atoms with Gasteiger partial charge in [0.15, 0.2) is 11.5 Å². The summed E-state index contributed by atoms with van der Waals surface area (Å²) in [5.74, 6) is 1.05. The molecule has 0 saturated heterocycles. The Morgan fingerprint density at radius 1 is 1.13 bits per heavy atom. The maximum absolute atomic E-state index is 10.5. The van der Waals surface area contributed by atoms with Crippen molar-refractivity contribution in [2.45, 2.75) is 12.8 Å². The third-order valence-electron chi connectivity index (χ3n) is 2.19. The number of nitrogens with zero attached hydrogens (tertiary/aromatic N) is 1. The summed E-state index contributed by atoms with van der Waals surface area (Å²) in [5.41, 5.74) is 0.0259. The molecule has 0 N–H and O–H groups in total. The minimum absolute atomic E-state index is 0.0259. The topological polar surface area (TPSA) is 61.6 Å². The molecule has 1 aromatic carbocycles. The Hall–Kier alpha value is -1.78. The maximum atomic E-state index is 10.5. The molecule has 1 aliphatic heterocycles. The standard InChI is InChI=1S/C10H11NO4/c12-11(13)8-3-4-9-10(7-8)15-6-2-1-5-14-9/h3-4,7H,1-2,5-6H2. The number of ether oxygens (including phenoxy) is 2. The Morgan fingerprint density at radius 3 is 2.47 bits per heavy atom. The summed E-state index contributed by atoms with van der Waals surface area (Å²) in [5, 5.41) is 10.5. The molecule has 1 aliphatic rings. The van der Waals surface area contributed by atoms with Crippen LogP contribution in [0.25, 0.3) is 0 Å². The molecule has 0 fully saturated rings. The van der Waals surface area contributed by atoms with Crippen molar-refractivity contribution in [1.29, 1.82) is 0 Å². The van der Waals surface area contributed by atoms with Crippen LogP contribution in [0.5, 0.6) is 11.5 Å². The van der Waals surface area contributed by atoms with E-state index in [0.29, 0.717) is 24.7 Å². The molecule has 1 heterocycles. The highest BCUT2D eigenvalue weighted by Gasteiger charge is 2.14. The van der Waals surface area contributed by atoms with Crippen LogP contribution < -0.4 is 9.47 Å². The van der Waals surface area contributed by atoms with E-state index in [1.54, 1.807) is 6.07 Å². The third kappa shape index (κ3) is 2.18. The second kappa shape index (κ2) is 4.16. The molecule has 0 radical (unpaired) electrons. The number of nitro groups is 1. The lowest BCUT2D eigenvalue weighted by atomic mass is 10.2. The summed E-state index contributed by atoms with van der Waals surface area (Å²) in [6.45, 7) is 1.21. The van der Waals surface area contributed by atoms with Crippen LogP contribution >= 0.6 is 0 Å². The van der Waals surface area contributed by atoms with Crippen LogP contribution in [0.2, 0.25) is 0 Å². The molecular weight excluding hydrogens is 198 g/mol. The summed E-state index contributed by atoms with van der Waals surface area (Å²) in [7, 11) is 0. The fourth-order valence-corrected chi connectivity index (χ4v) is 1.41. The number of hydrogen-bond acceptors (Lipinski definition) is 4. The summed E-state index contributed by atoms with van der Waals surface area (Å²) in [4.78, 5) is 10.1. The monoisotopic (exact) mass is 209 g/mol. The molecule has 5 heteroatoms. The number of rotatable bonds is 1. The van der Waals surface area contributed by atoms with E-state index in [0.717, 1.165) is 12.8 Å². The van der Waals surface area contributed by atoms with Gasteiger partial charge in [-0.25, -0.2) is 0 Å². The molecule has 80 valence electrons. The molecule has 0 atom stereocenters. The average molecular weight is 209 g/mol. The summed E-state index contributed by atoms with van der Waals surface area (Å²) in [6.07, 6.45) is 1.85. The fraction of sp³-hybridized carbons (Fsp3) is 0.400. The Bertz CT molecular complexity index is 378. The summed E-state index contributed by atoms with van der Waals surface area (Å²) >= 11 is 0. The highest BCUT2D eigenvalue weighted by molar-refractivity contribution is 5.48. The smallest absolute Gasteiger partial charge is 0.273 e. The van der Waals surface area contributed by atoms with Gasteiger partial charge in [0, 0.05) is 6.07 Å². The predicted octanol–water partition coefficient (Wildman–Crippen LogP) is 2.15. The number of hydrogen-bond donors (Lipinski definition) is 0. The van der Waals surface area contributed by atoms with Crippen LogP contribution in [0.1, 0.15) is 12.8 Å². The van der Waals surface area contributed by atoms with Crippen LogP contribution in [0, 0.1) is 10.1 Å². The van der Waals surface area contributed by atoms with Crippen LogP contribution in [0.4, 0.5) is 5.69 Å². The van der Waals surface area contributed by atoms with Crippen molar-refractivity contribution in [3.63, 3.8) is 0 Å². The highest BCUT2D eigenvalue weighted by atomic mass is 16.6.